The Balaban J connectivity index is 0.749. The standard InChI is InChI=1S/C68H54S2/c1-65(2)53-31-41(39-15-11-9-12-16-39)19-23-45(53)49-35-51-47-25-21-43(33-55(47)67(5,6)59(51)37-57(49)65)61-27-29-63(69-61)64-30-28-62(70-64)44-22-26-48-52-36-50-46-24-20-42(40-17-13-10-14-18-40)32-54(46)66(3,4)58(50)38-60(52)68(7,8)56(48)34-44/h9-38H,1-8H3. The Labute approximate surface area is 421 Å². The molecule has 338 valence electrons. The zero-order chi connectivity index (χ0) is 47.6. The van der Waals surface area contributed by atoms with Crippen molar-refractivity contribution in [1.82, 2.24) is 0 Å². The van der Waals surface area contributed by atoms with E-state index in [1.807, 2.05) is 22.7 Å². The molecule has 0 fully saturated rings. The predicted molar refractivity (Wildman–Crippen MR) is 300 cm³/mol. The Hall–Kier alpha value is -6.84. The van der Waals surface area contributed by atoms with Crippen LogP contribution in [0.4, 0.5) is 0 Å². The highest BCUT2D eigenvalue weighted by atomic mass is 32.1. The fourth-order valence-electron chi connectivity index (χ4n) is 13.1. The highest BCUT2D eigenvalue weighted by molar-refractivity contribution is 7.25. The number of thiophene rings is 2. The zero-order valence-corrected chi connectivity index (χ0v) is 42.8. The second-order valence-electron chi connectivity index (χ2n) is 22.5. The summed E-state index contributed by atoms with van der Waals surface area (Å²) in [5.74, 6) is 0. The van der Waals surface area contributed by atoms with Crippen molar-refractivity contribution in [2.45, 2.75) is 77.0 Å². The molecular formula is C68H54S2. The van der Waals surface area contributed by atoms with Crippen molar-refractivity contribution >= 4 is 22.7 Å². The van der Waals surface area contributed by atoms with Gasteiger partial charge in [-0.3, -0.25) is 0 Å². The predicted octanol–water partition coefficient (Wildman–Crippen LogP) is 19.4. The summed E-state index contributed by atoms with van der Waals surface area (Å²) < 4.78 is 0. The summed E-state index contributed by atoms with van der Waals surface area (Å²) in [7, 11) is 0. The summed E-state index contributed by atoms with van der Waals surface area (Å²) >= 11 is 3.83. The molecule has 0 radical (unpaired) electrons. The molecule has 0 unspecified atom stereocenters. The second kappa shape index (κ2) is 14.4. The Morgan fingerprint density at radius 2 is 0.486 bits per heavy atom. The summed E-state index contributed by atoms with van der Waals surface area (Å²) in [4.78, 5) is 5.28. The van der Waals surface area contributed by atoms with E-state index < -0.39 is 0 Å². The number of fused-ring (bicyclic) bond motifs is 12. The summed E-state index contributed by atoms with van der Waals surface area (Å²) in [5, 5.41) is 0. The minimum absolute atomic E-state index is 0.0841. The van der Waals surface area contributed by atoms with Crippen LogP contribution in [0.2, 0.25) is 0 Å². The van der Waals surface area contributed by atoms with Crippen molar-refractivity contribution in [3.05, 3.63) is 226 Å². The van der Waals surface area contributed by atoms with Gasteiger partial charge in [0.05, 0.1) is 0 Å². The smallest absolute Gasteiger partial charge is 0.0449 e. The van der Waals surface area contributed by atoms with E-state index >= 15 is 0 Å². The molecule has 0 bridgehead atoms. The van der Waals surface area contributed by atoms with Crippen LogP contribution in [-0.4, -0.2) is 0 Å². The van der Waals surface area contributed by atoms with Crippen LogP contribution in [0.5, 0.6) is 0 Å². The minimum Gasteiger partial charge on any atom is -0.134 e. The molecule has 10 aromatic rings. The van der Waals surface area contributed by atoms with Crippen LogP contribution >= 0.6 is 22.7 Å². The maximum absolute atomic E-state index is 2.55. The fourth-order valence-corrected chi connectivity index (χ4v) is 15.2. The van der Waals surface area contributed by atoms with E-state index in [1.54, 1.807) is 0 Å². The summed E-state index contributed by atoms with van der Waals surface area (Å²) in [6.45, 7) is 19.3. The summed E-state index contributed by atoms with van der Waals surface area (Å²) in [6.07, 6.45) is 0. The van der Waals surface area contributed by atoms with Gasteiger partial charge in [0, 0.05) is 41.2 Å². The van der Waals surface area contributed by atoms with E-state index in [0.29, 0.717) is 0 Å². The lowest BCUT2D eigenvalue weighted by molar-refractivity contribution is 0.639. The van der Waals surface area contributed by atoms with Gasteiger partial charge in [-0.2, -0.15) is 0 Å². The first-order chi connectivity index (χ1) is 33.7. The van der Waals surface area contributed by atoms with E-state index in [1.165, 1.54) is 142 Å². The number of benzene rings is 8. The third-order valence-electron chi connectivity index (χ3n) is 17.2. The van der Waals surface area contributed by atoms with Crippen molar-refractivity contribution in [2.24, 2.45) is 0 Å². The lowest BCUT2D eigenvalue weighted by Crippen LogP contribution is -2.19. The van der Waals surface area contributed by atoms with Crippen molar-refractivity contribution in [1.29, 1.82) is 0 Å². The molecular weight excluding hydrogens is 881 g/mol. The molecule has 0 saturated carbocycles. The minimum atomic E-state index is -0.112. The Morgan fingerprint density at radius 1 is 0.214 bits per heavy atom. The van der Waals surface area contributed by atoms with Crippen LogP contribution in [0.1, 0.15) is 99.9 Å². The molecule has 0 amide bonds. The average Bonchev–Trinajstić information content (AvgIpc) is 4.22. The van der Waals surface area contributed by atoms with E-state index in [9.17, 15) is 0 Å². The van der Waals surface area contributed by atoms with Crippen LogP contribution < -0.4 is 0 Å². The highest BCUT2D eigenvalue weighted by Crippen LogP contribution is 2.59. The first-order valence-electron chi connectivity index (χ1n) is 25.0. The Bertz CT molecular complexity index is 3610. The quantitative estimate of drug-likeness (QED) is 0.161. The molecule has 2 heteroatoms. The largest absolute Gasteiger partial charge is 0.134 e. The molecule has 0 atom stereocenters. The van der Waals surface area contributed by atoms with Crippen molar-refractivity contribution < 1.29 is 0 Å². The topological polar surface area (TPSA) is 0 Å². The lowest BCUT2D eigenvalue weighted by atomic mass is 9.77. The molecule has 0 N–H and O–H groups in total. The first kappa shape index (κ1) is 42.1. The maximum atomic E-state index is 2.55. The van der Waals surface area contributed by atoms with Crippen molar-refractivity contribution in [3.8, 4) is 97.4 Å². The third kappa shape index (κ3) is 5.81. The van der Waals surface area contributed by atoms with E-state index in [-0.39, 0.29) is 21.7 Å². The van der Waals surface area contributed by atoms with Gasteiger partial charge in [0.1, 0.15) is 0 Å². The maximum Gasteiger partial charge on any atom is 0.0449 e. The van der Waals surface area contributed by atoms with Crippen molar-refractivity contribution in [2.75, 3.05) is 0 Å². The van der Waals surface area contributed by atoms with E-state index in [2.05, 4.69) is 237 Å². The van der Waals surface area contributed by atoms with Gasteiger partial charge in [0.15, 0.2) is 0 Å². The molecule has 2 aromatic heterocycles. The molecule has 0 aliphatic heterocycles. The van der Waals surface area contributed by atoms with Crippen molar-refractivity contribution in [3.63, 3.8) is 0 Å². The van der Waals surface area contributed by atoms with Crippen LogP contribution in [0.3, 0.4) is 0 Å². The van der Waals surface area contributed by atoms with Crippen LogP contribution in [0.15, 0.2) is 182 Å². The Morgan fingerprint density at radius 3 is 0.814 bits per heavy atom. The number of hydrogen-bond donors (Lipinski definition) is 0. The van der Waals surface area contributed by atoms with Gasteiger partial charge in [-0.25, -0.2) is 0 Å². The molecule has 0 saturated heterocycles. The number of rotatable bonds is 5. The highest BCUT2D eigenvalue weighted by Gasteiger charge is 2.44. The monoisotopic (exact) mass is 934 g/mol. The lowest BCUT2D eigenvalue weighted by Gasteiger charge is -2.26. The van der Waals surface area contributed by atoms with Crippen LogP contribution in [-0.2, 0) is 21.7 Å². The summed E-state index contributed by atoms with van der Waals surface area (Å²) in [6, 6.07) is 69.8. The molecule has 14 rings (SSSR count). The van der Waals surface area contributed by atoms with Gasteiger partial charge >= 0.3 is 0 Å². The van der Waals surface area contributed by atoms with Gasteiger partial charge in [0.2, 0.25) is 0 Å². The van der Waals surface area contributed by atoms with Crippen LogP contribution in [0.25, 0.3) is 97.4 Å². The third-order valence-corrected chi connectivity index (χ3v) is 19.6. The fraction of sp³-hybridized carbons (Fsp3) is 0.176. The van der Waals surface area contributed by atoms with Gasteiger partial charge in [-0.15, -0.1) is 22.7 Å². The van der Waals surface area contributed by atoms with Gasteiger partial charge in [0.25, 0.3) is 0 Å². The molecule has 70 heavy (non-hydrogen) atoms. The number of hydrogen-bond acceptors (Lipinski definition) is 2. The average molecular weight is 935 g/mol. The molecule has 0 spiro atoms. The first-order valence-corrected chi connectivity index (χ1v) is 26.6. The zero-order valence-electron chi connectivity index (χ0n) is 41.1. The van der Waals surface area contributed by atoms with E-state index in [0.717, 1.165) is 0 Å². The van der Waals surface area contributed by atoms with Gasteiger partial charge < -0.3 is 0 Å². The Kier molecular flexibility index (Phi) is 8.64. The normalized spacial score (nSPS) is 16.2. The van der Waals surface area contributed by atoms with Gasteiger partial charge in [-0.1, -0.05) is 177 Å². The molecule has 4 aliphatic carbocycles. The molecule has 4 aliphatic rings. The van der Waals surface area contributed by atoms with Gasteiger partial charge in [-0.05, 0) is 183 Å². The molecule has 8 aromatic carbocycles. The second-order valence-corrected chi connectivity index (χ2v) is 24.7. The SMILES string of the molecule is CC1(C)c2cc(-c3ccccc3)ccc2-c2cc3c(cc21)C(C)(C)c1cc(-c2ccc(-c4ccc(-c5ccc6c(c5)C(C)(C)c5cc7c(cc5-6)-c5ccc(-c6ccccc6)cc5C7(C)C)s4)s2)ccc1-3. The molecule has 0 nitrogen and oxygen atoms in total. The van der Waals surface area contributed by atoms with E-state index in [4.69, 9.17) is 0 Å². The molecule has 2 heterocycles. The van der Waals surface area contributed by atoms with Crippen LogP contribution in [0, 0.1) is 0 Å². The summed E-state index contributed by atoms with van der Waals surface area (Å²) in [5.41, 5.74) is 29.8.